The number of benzene rings is 8. The number of rotatable bonds is 7. The van der Waals surface area contributed by atoms with E-state index < -0.39 is 7.92 Å². The van der Waals surface area contributed by atoms with Crippen molar-refractivity contribution in [1.29, 1.82) is 0 Å². The highest BCUT2D eigenvalue weighted by atomic mass is 31.1. The SMILES string of the molecule is CC1=C(c2ccc(-c3cc4c(c5ccccc35)-c3c(ccc5ccccc35)CP(CCN)C4)cc2C)c2c(ccc3ccccc23)CP(C(c2ccccc2)C(C)N)C1. The molecular weight excluding hydrogens is 751 g/mol. The average Bonchev–Trinajstić information content (AvgIpc) is 3.51. The van der Waals surface area contributed by atoms with E-state index in [1.54, 1.807) is 0 Å². The maximum absolute atomic E-state index is 6.91. The Morgan fingerprint density at radius 1 is 0.542 bits per heavy atom. The quantitative estimate of drug-likeness (QED) is 0.158. The molecule has 0 bridgehead atoms. The maximum Gasteiger partial charge on any atom is 0.0196 e. The van der Waals surface area contributed by atoms with Gasteiger partial charge in [-0.2, -0.15) is 0 Å². The van der Waals surface area contributed by atoms with Gasteiger partial charge in [-0.25, -0.2) is 0 Å². The van der Waals surface area contributed by atoms with Crippen LogP contribution in [-0.2, 0) is 18.5 Å². The monoisotopic (exact) mass is 802 g/mol. The van der Waals surface area contributed by atoms with Crippen LogP contribution in [0, 0.1) is 6.92 Å². The Morgan fingerprint density at radius 2 is 1.14 bits per heavy atom. The molecule has 0 fully saturated rings. The molecule has 0 radical (unpaired) electrons. The Kier molecular flexibility index (Phi) is 10.3. The second-order valence-corrected chi connectivity index (χ2v) is 21.7. The molecule has 0 aliphatic carbocycles. The average molecular weight is 803 g/mol. The normalized spacial score (nSPS) is 17.6. The smallest absolute Gasteiger partial charge is 0.0196 e. The zero-order chi connectivity index (χ0) is 40.2. The third-order valence-corrected chi connectivity index (χ3v) is 18.6. The summed E-state index contributed by atoms with van der Waals surface area (Å²) in [6.45, 7) is 7.68. The van der Waals surface area contributed by atoms with Gasteiger partial charge in [0.1, 0.15) is 0 Å². The van der Waals surface area contributed by atoms with Crippen molar-refractivity contribution in [2.45, 2.75) is 51.0 Å². The van der Waals surface area contributed by atoms with Crippen molar-refractivity contribution in [3.8, 4) is 22.3 Å². The standard InChI is InChI=1S/C55H52N2P2/c1-35-29-41(50-30-44-33-58(28-27-56)32-42-23-21-39-14-8-10-18-47(39)53(42)54(44)49-20-12-11-19-48(49)50)25-26-45(35)51-36(2)31-59(55(37(3)57)40-15-5-4-6-16-40)34-43-24-22-38-13-7-9-17-46(38)52(43)51/h4-26,29-30,37,55H,27-28,31-34,56-57H2,1-3H3. The van der Waals surface area contributed by atoms with Gasteiger partial charge in [0.15, 0.2) is 0 Å². The summed E-state index contributed by atoms with van der Waals surface area (Å²) in [5, 5.41) is 7.96. The first-order valence-electron chi connectivity index (χ1n) is 21.2. The van der Waals surface area contributed by atoms with Gasteiger partial charge >= 0.3 is 0 Å². The van der Waals surface area contributed by atoms with E-state index in [1.165, 1.54) is 105 Å². The predicted octanol–water partition coefficient (Wildman–Crippen LogP) is 14.1. The summed E-state index contributed by atoms with van der Waals surface area (Å²) in [5.74, 6) is 0. The van der Waals surface area contributed by atoms with Gasteiger partial charge in [0.2, 0.25) is 0 Å². The summed E-state index contributed by atoms with van der Waals surface area (Å²) in [4.78, 5) is 0. The molecule has 0 saturated carbocycles. The van der Waals surface area contributed by atoms with Crippen molar-refractivity contribution >= 4 is 53.7 Å². The number of hydrogen-bond acceptors (Lipinski definition) is 2. The third kappa shape index (κ3) is 6.85. The van der Waals surface area contributed by atoms with Crippen LogP contribution in [0.15, 0.2) is 157 Å². The molecule has 2 aliphatic rings. The topological polar surface area (TPSA) is 52.0 Å². The van der Waals surface area contributed by atoms with Gasteiger partial charge in [-0.1, -0.05) is 167 Å². The largest absolute Gasteiger partial charge is 0.330 e. The first-order valence-corrected chi connectivity index (χ1v) is 24.9. The Labute approximate surface area is 351 Å². The molecule has 4 unspecified atom stereocenters. The van der Waals surface area contributed by atoms with Gasteiger partial charge in [0.25, 0.3) is 0 Å². The van der Waals surface area contributed by atoms with Gasteiger partial charge in [0, 0.05) is 11.7 Å². The van der Waals surface area contributed by atoms with Crippen molar-refractivity contribution in [3.63, 3.8) is 0 Å². The molecule has 2 heterocycles. The number of nitrogens with two attached hydrogens (primary N) is 2. The number of aryl methyl sites for hydroxylation is 1. The molecular formula is C55H52N2P2. The van der Waals surface area contributed by atoms with E-state index in [9.17, 15) is 0 Å². The van der Waals surface area contributed by atoms with Crippen LogP contribution in [0.1, 0.15) is 58.5 Å². The van der Waals surface area contributed by atoms with Crippen molar-refractivity contribution in [2.75, 3.05) is 18.9 Å². The van der Waals surface area contributed by atoms with Crippen LogP contribution in [-0.4, -0.2) is 24.9 Å². The molecule has 59 heavy (non-hydrogen) atoms. The molecule has 2 nitrogen and oxygen atoms in total. The summed E-state index contributed by atoms with van der Waals surface area (Å²) >= 11 is 0. The predicted molar refractivity (Wildman–Crippen MR) is 259 cm³/mol. The zero-order valence-corrected chi connectivity index (χ0v) is 36.2. The van der Waals surface area contributed by atoms with E-state index in [0.717, 1.165) is 37.4 Å². The van der Waals surface area contributed by atoms with Gasteiger partial charge < -0.3 is 11.5 Å². The second-order valence-electron chi connectivity index (χ2n) is 16.9. The van der Waals surface area contributed by atoms with Crippen LogP contribution >= 0.6 is 15.8 Å². The Bertz CT molecular complexity index is 2930. The second kappa shape index (κ2) is 15.9. The van der Waals surface area contributed by atoms with E-state index >= 15 is 0 Å². The minimum absolute atomic E-state index is 0.0672. The summed E-state index contributed by atoms with van der Waals surface area (Å²) in [7, 11) is -0.777. The van der Waals surface area contributed by atoms with Crippen LogP contribution in [0.2, 0.25) is 0 Å². The first kappa shape index (κ1) is 38.3. The fraction of sp³-hybridized carbons (Fsp3) is 0.200. The number of hydrogen-bond donors (Lipinski definition) is 2. The highest BCUT2D eigenvalue weighted by Crippen LogP contribution is 2.60. The Morgan fingerprint density at radius 3 is 1.81 bits per heavy atom. The third-order valence-electron chi connectivity index (χ3n) is 13.0. The molecule has 8 aromatic rings. The van der Waals surface area contributed by atoms with Gasteiger partial charge in [-0.15, -0.1) is 0 Å². The van der Waals surface area contributed by atoms with Crippen molar-refractivity contribution in [2.24, 2.45) is 11.5 Å². The van der Waals surface area contributed by atoms with Crippen molar-refractivity contribution in [3.05, 3.63) is 196 Å². The zero-order valence-electron chi connectivity index (χ0n) is 34.4. The molecule has 292 valence electrons. The van der Waals surface area contributed by atoms with Gasteiger partial charge in [-0.05, 0) is 163 Å². The maximum atomic E-state index is 6.91. The summed E-state index contributed by atoms with van der Waals surface area (Å²) in [5.41, 5.74) is 31.7. The highest BCUT2D eigenvalue weighted by molar-refractivity contribution is 7.57. The molecule has 0 spiro atoms. The molecule has 0 aromatic heterocycles. The van der Waals surface area contributed by atoms with E-state index in [0.29, 0.717) is 5.66 Å². The van der Waals surface area contributed by atoms with Crippen LogP contribution in [0.25, 0.3) is 60.1 Å². The lowest BCUT2D eigenvalue weighted by molar-refractivity contribution is 0.710. The van der Waals surface area contributed by atoms with Crippen LogP contribution in [0.3, 0.4) is 0 Å². The lowest BCUT2D eigenvalue weighted by Crippen LogP contribution is -2.24. The molecule has 2 aliphatic heterocycles. The van der Waals surface area contributed by atoms with Crippen LogP contribution in [0.4, 0.5) is 0 Å². The lowest BCUT2D eigenvalue weighted by Gasteiger charge is -2.31. The van der Waals surface area contributed by atoms with E-state index in [-0.39, 0.29) is 14.0 Å². The minimum atomic E-state index is -0.481. The van der Waals surface area contributed by atoms with E-state index in [2.05, 4.69) is 172 Å². The van der Waals surface area contributed by atoms with Crippen molar-refractivity contribution in [1.82, 2.24) is 0 Å². The Hall–Kier alpha value is -4.94. The van der Waals surface area contributed by atoms with Crippen LogP contribution < -0.4 is 11.5 Å². The molecule has 8 aromatic carbocycles. The fourth-order valence-corrected chi connectivity index (χ4v) is 16.0. The number of allylic oxidation sites excluding steroid dienone is 1. The van der Waals surface area contributed by atoms with Crippen LogP contribution in [0.5, 0.6) is 0 Å². The molecule has 0 amide bonds. The van der Waals surface area contributed by atoms with E-state index in [4.69, 9.17) is 11.5 Å². The molecule has 4 N–H and O–H groups in total. The number of fused-ring (bicyclic) bond motifs is 10. The van der Waals surface area contributed by atoms with Crippen molar-refractivity contribution < 1.29 is 0 Å². The summed E-state index contributed by atoms with van der Waals surface area (Å²) < 4.78 is 0. The van der Waals surface area contributed by atoms with E-state index in [1.807, 2.05) is 0 Å². The minimum Gasteiger partial charge on any atom is -0.330 e. The fourth-order valence-electron chi connectivity index (χ4n) is 10.5. The summed E-state index contributed by atoms with van der Waals surface area (Å²) in [6, 6.07) is 57.5. The van der Waals surface area contributed by atoms with Gasteiger partial charge in [0.05, 0.1) is 0 Å². The van der Waals surface area contributed by atoms with Gasteiger partial charge in [-0.3, -0.25) is 0 Å². The highest BCUT2D eigenvalue weighted by Gasteiger charge is 2.32. The first-order chi connectivity index (χ1) is 28.9. The molecule has 4 heteroatoms. The summed E-state index contributed by atoms with van der Waals surface area (Å²) in [6.07, 6.45) is 5.40. The Balaban J connectivity index is 1.15. The molecule has 4 atom stereocenters. The lowest BCUT2D eigenvalue weighted by atomic mass is 9.83. The molecule has 10 rings (SSSR count). The molecule has 0 saturated heterocycles.